The molecule has 0 bridgehead atoms. The van der Waals surface area contributed by atoms with Crippen LogP contribution in [0.5, 0.6) is 0 Å². The number of nitrogens with one attached hydrogen (secondary N) is 1. The third kappa shape index (κ3) is 3.43. The molecule has 98 valence electrons. The van der Waals surface area contributed by atoms with Crippen LogP contribution in [-0.4, -0.2) is 11.4 Å². The molecule has 0 aliphatic heterocycles. The molecule has 1 amide bonds. The second-order valence-electron chi connectivity index (χ2n) is 4.95. The van der Waals surface area contributed by atoms with Gasteiger partial charge >= 0.3 is 0 Å². The van der Waals surface area contributed by atoms with Crippen LogP contribution in [0.25, 0.3) is 0 Å². The summed E-state index contributed by atoms with van der Waals surface area (Å²) in [6.07, 6.45) is 4.13. The molecule has 1 saturated carbocycles. The lowest BCUT2D eigenvalue weighted by molar-refractivity contribution is -0.117. The normalized spacial score (nSPS) is 17.7. The van der Waals surface area contributed by atoms with E-state index in [1.165, 1.54) is 18.2 Å². The van der Waals surface area contributed by atoms with Crippen LogP contribution in [0.3, 0.4) is 0 Å². The van der Waals surface area contributed by atoms with Gasteiger partial charge in [0, 0.05) is 22.7 Å². The topological polar surface area (TPSA) is 55.1 Å². The number of carbonyl (C=O) groups is 1. The lowest BCUT2D eigenvalue weighted by atomic mass is 9.94. The van der Waals surface area contributed by atoms with Gasteiger partial charge in [0.25, 0.3) is 0 Å². The van der Waals surface area contributed by atoms with Crippen molar-refractivity contribution in [2.45, 2.75) is 37.6 Å². The first-order valence-corrected chi connectivity index (χ1v) is 6.39. The van der Waals surface area contributed by atoms with Crippen molar-refractivity contribution in [2.75, 3.05) is 5.32 Å². The van der Waals surface area contributed by atoms with Crippen molar-refractivity contribution in [1.82, 2.24) is 0 Å². The summed E-state index contributed by atoms with van der Waals surface area (Å²) in [7, 11) is 0. The molecule has 5 heteroatoms. The van der Waals surface area contributed by atoms with Crippen molar-refractivity contribution >= 4 is 23.2 Å². The van der Waals surface area contributed by atoms with E-state index >= 15 is 0 Å². The monoisotopic (exact) mass is 270 g/mol. The van der Waals surface area contributed by atoms with Crippen LogP contribution in [0.4, 0.5) is 10.1 Å². The number of anilines is 1. The molecule has 0 atom stereocenters. The molecule has 18 heavy (non-hydrogen) atoms. The largest absolute Gasteiger partial charge is 0.326 e. The average Bonchev–Trinajstić information content (AvgIpc) is 2.62. The maximum atomic E-state index is 13.1. The maximum Gasteiger partial charge on any atom is 0.226 e. The van der Waals surface area contributed by atoms with Crippen molar-refractivity contribution in [2.24, 2.45) is 5.73 Å². The third-order valence-corrected chi connectivity index (χ3v) is 3.48. The van der Waals surface area contributed by atoms with Gasteiger partial charge in [0.15, 0.2) is 0 Å². The van der Waals surface area contributed by atoms with Crippen molar-refractivity contribution in [3.8, 4) is 0 Å². The van der Waals surface area contributed by atoms with Gasteiger partial charge in [-0.05, 0) is 31.0 Å². The van der Waals surface area contributed by atoms with Gasteiger partial charge in [-0.2, -0.15) is 0 Å². The lowest BCUT2D eigenvalue weighted by Gasteiger charge is -2.22. The van der Waals surface area contributed by atoms with Crippen LogP contribution in [-0.2, 0) is 4.79 Å². The quantitative estimate of drug-likeness (QED) is 0.887. The molecule has 2 rings (SSSR count). The van der Waals surface area contributed by atoms with Gasteiger partial charge < -0.3 is 11.1 Å². The van der Waals surface area contributed by atoms with Crippen LogP contribution in [0.2, 0.25) is 5.02 Å². The Kier molecular flexibility index (Phi) is 3.88. The zero-order valence-corrected chi connectivity index (χ0v) is 10.8. The molecular weight excluding hydrogens is 255 g/mol. The van der Waals surface area contributed by atoms with E-state index < -0.39 is 11.4 Å². The molecule has 0 unspecified atom stereocenters. The van der Waals surface area contributed by atoms with E-state index in [1.54, 1.807) is 0 Å². The third-order valence-electron chi connectivity index (χ3n) is 3.26. The van der Waals surface area contributed by atoms with Crippen LogP contribution < -0.4 is 11.1 Å². The summed E-state index contributed by atoms with van der Waals surface area (Å²) in [5.41, 5.74) is 6.08. The number of rotatable bonds is 3. The first-order chi connectivity index (χ1) is 8.47. The van der Waals surface area contributed by atoms with E-state index in [0.717, 1.165) is 25.7 Å². The van der Waals surface area contributed by atoms with Gasteiger partial charge in [-0.3, -0.25) is 4.79 Å². The highest BCUT2D eigenvalue weighted by atomic mass is 35.5. The zero-order valence-electron chi connectivity index (χ0n) is 10.0. The van der Waals surface area contributed by atoms with Gasteiger partial charge in [-0.1, -0.05) is 24.4 Å². The standard InChI is InChI=1S/C13H16ClFN2O/c14-9-5-10(15)7-11(6-9)17-12(18)8-13(16)3-1-2-4-13/h5-7H,1-4,8,16H2,(H,17,18). The Morgan fingerprint density at radius 2 is 2.06 bits per heavy atom. The van der Waals surface area contributed by atoms with Gasteiger partial charge in [0.1, 0.15) is 5.82 Å². The Balaban J connectivity index is 1.98. The molecule has 1 aromatic rings. The molecule has 1 fully saturated rings. The molecule has 0 saturated heterocycles. The average molecular weight is 271 g/mol. The van der Waals surface area contributed by atoms with E-state index in [0.29, 0.717) is 5.69 Å². The fourth-order valence-corrected chi connectivity index (χ4v) is 2.63. The highest BCUT2D eigenvalue weighted by molar-refractivity contribution is 6.30. The molecule has 0 spiro atoms. The number of hydrogen-bond acceptors (Lipinski definition) is 2. The van der Waals surface area contributed by atoms with E-state index in [2.05, 4.69) is 5.32 Å². The summed E-state index contributed by atoms with van der Waals surface area (Å²) in [5.74, 6) is -0.665. The first kappa shape index (κ1) is 13.3. The molecule has 1 aromatic carbocycles. The molecule has 0 aromatic heterocycles. The smallest absolute Gasteiger partial charge is 0.226 e. The number of halogens is 2. The van der Waals surface area contributed by atoms with E-state index in [1.807, 2.05) is 0 Å². The molecule has 1 aliphatic carbocycles. The van der Waals surface area contributed by atoms with Gasteiger partial charge in [-0.25, -0.2) is 4.39 Å². The van der Waals surface area contributed by atoms with Crippen LogP contribution in [0.15, 0.2) is 18.2 Å². The van der Waals surface area contributed by atoms with E-state index in [9.17, 15) is 9.18 Å². The second-order valence-corrected chi connectivity index (χ2v) is 5.39. The summed E-state index contributed by atoms with van der Waals surface area (Å²) >= 11 is 5.72. The number of hydrogen-bond donors (Lipinski definition) is 2. The Morgan fingerprint density at radius 1 is 1.39 bits per heavy atom. The Bertz CT molecular complexity index is 438. The minimum absolute atomic E-state index is 0.193. The number of amides is 1. The molecule has 1 aliphatic rings. The minimum atomic E-state index is -0.471. The summed E-state index contributed by atoms with van der Waals surface area (Å²) in [6.45, 7) is 0. The highest BCUT2D eigenvalue weighted by Crippen LogP contribution is 2.30. The Morgan fingerprint density at radius 3 is 2.67 bits per heavy atom. The lowest BCUT2D eigenvalue weighted by Crippen LogP contribution is -2.40. The highest BCUT2D eigenvalue weighted by Gasteiger charge is 2.31. The summed E-state index contributed by atoms with van der Waals surface area (Å²) in [6, 6.07) is 3.95. The van der Waals surface area contributed by atoms with Crippen molar-refractivity contribution < 1.29 is 9.18 Å². The predicted molar refractivity (Wildman–Crippen MR) is 70.0 cm³/mol. The number of benzene rings is 1. The summed E-state index contributed by atoms with van der Waals surface area (Å²) < 4.78 is 13.1. The van der Waals surface area contributed by atoms with Crippen molar-refractivity contribution in [3.05, 3.63) is 29.0 Å². The van der Waals surface area contributed by atoms with Crippen molar-refractivity contribution in [1.29, 1.82) is 0 Å². The minimum Gasteiger partial charge on any atom is -0.326 e. The first-order valence-electron chi connectivity index (χ1n) is 6.02. The van der Waals surface area contributed by atoms with Gasteiger partial charge in [-0.15, -0.1) is 0 Å². The zero-order chi connectivity index (χ0) is 13.2. The number of nitrogens with two attached hydrogens (primary N) is 1. The van der Waals surface area contributed by atoms with Crippen LogP contribution in [0, 0.1) is 5.82 Å². The summed E-state index contributed by atoms with van der Waals surface area (Å²) in [4.78, 5) is 11.8. The Hall–Kier alpha value is -1.13. The van der Waals surface area contributed by atoms with Crippen LogP contribution >= 0.6 is 11.6 Å². The molecule has 3 N–H and O–H groups in total. The fraction of sp³-hybridized carbons (Fsp3) is 0.462. The number of carbonyl (C=O) groups excluding carboxylic acids is 1. The molecule has 0 radical (unpaired) electrons. The SMILES string of the molecule is NC1(CC(=O)Nc2cc(F)cc(Cl)c2)CCCC1. The molecule has 3 nitrogen and oxygen atoms in total. The molecular formula is C13H16ClFN2O. The van der Waals surface area contributed by atoms with Gasteiger partial charge in [0.2, 0.25) is 5.91 Å². The second kappa shape index (κ2) is 5.24. The van der Waals surface area contributed by atoms with Crippen molar-refractivity contribution in [3.63, 3.8) is 0 Å². The maximum absolute atomic E-state index is 13.1. The molecule has 0 heterocycles. The van der Waals surface area contributed by atoms with E-state index in [-0.39, 0.29) is 17.4 Å². The fourth-order valence-electron chi connectivity index (χ4n) is 2.41. The van der Waals surface area contributed by atoms with Gasteiger partial charge in [0.05, 0.1) is 0 Å². The summed E-state index contributed by atoms with van der Waals surface area (Å²) in [5, 5.41) is 2.89. The van der Waals surface area contributed by atoms with Crippen LogP contribution in [0.1, 0.15) is 32.1 Å². The predicted octanol–water partition coefficient (Wildman–Crippen LogP) is 3.08. The van der Waals surface area contributed by atoms with E-state index in [4.69, 9.17) is 17.3 Å². The Labute approximate surface area is 111 Å².